The van der Waals surface area contributed by atoms with Crippen molar-refractivity contribution in [3.05, 3.63) is 47.8 Å². The molecular weight excluding hydrogens is 418 g/mol. The standard InChI is InChI=1S/C25H31N5O3/c1-33-9-8-29-16-24(31)30(25(29)32)22-7-6-21(26-15-22)11-17-2-3-18(10-17)12-23-27-13-20(14-28-23)19-4-5-19/h6-7,13-15,17-19H,2-5,8-12,16H2,1H3/t17-,18-/m0/s1. The summed E-state index contributed by atoms with van der Waals surface area (Å²) in [4.78, 5) is 41.4. The molecule has 8 heteroatoms. The van der Waals surface area contributed by atoms with Crippen LogP contribution in [0.5, 0.6) is 0 Å². The lowest BCUT2D eigenvalue weighted by atomic mass is 9.97. The van der Waals surface area contributed by atoms with Crippen LogP contribution in [0.25, 0.3) is 0 Å². The smallest absolute Gasteiger partial charge is 0.332 e. The Morgan fingerprint density at radius 1 is 0.970 bits per heavy atom. The summed E-state index contributed by atoms with van der Waals surface area (Å²) in [7, 11) is 1.58. The normalized spacial score (nSPS) is 23.1. The van der Waals surface area contributed by atoms with Gasteiger partial charge in [-0.3, -0.25) is 9.78 Å². The van der Waals surface area contributed by atoms with E-state index < -0.39 is 0 Å². The Kier molecular flexibility index (Phi) is 6.35. The molecule has 3 aliphatic rings. The summed E-state index contributed by atoms with van der Waals surface area (Å²) in [5, 5.41) is 0. The molecule has 2 aliphatic carbocycles. The van der Waals surface area contributed by atoms with Gasteiger partial charge in [-0.15, -0.1) is 0 Å². The van der Waals surface area contributed by atoms with Crippen molar-refractivity contribution in [2.45, 2.75) is 50.9 Å². The maximum Gasteiger partial charge on any atom is 0.332 e. The number of hydrogen-bond donors (Lipinski definition) is 0. The summed E-state index contributed by atoms with van der Waals surface area (Å²) in [6.07, 6.45) is 13.7. The average Bonchev–Trinajstić information content (AvgIpc) is 3.52. The number of aromatic nitrogens is 3. The SMILES string of the molecule is COCCN1CC(=O)N(c2ccc(C[C@H]3CC[C@H](Cc4ncc(C5CC5)cn4)C3)nc2)C1=O. The molecule has 2 aromatic heterocycles. The number of anilines is 1. The van der Waals surface area contributed by atoms with E-state index in [0.29, 0.717) is 36.6 Å². The summed E-state index contributed by atoms with van der Waals surface area (Å²) in [5.74, 6) is 2.66. The molecule has 0 radical (unpaired) electrons. The van der Waals surface area contributed by atoms with E-state index in [1.165, 1.54) is 41.0 Å². The Morgan fingerprint density at radius 2 is 1.73 bits per heavy atom. The molecule has 3 amide bonds. The Bertz CT molecular complexity index is 990. The van der Waals surface area contributed by atoms with E-state index in [9.17, 15) is 9.59 Å². The van der Waals surface area contributed by atoms with E-state index in [1.54, 1.807) is 13.3 Å². The third kappa shape index (κ3) is 5.05. The van der Waals surface area contributed by atoms with Crippen molar-refractivity contribution in [1.82, 2.24) is 19.9 Å². The molecule has 174 valence electrons. The minimum Gasteiger partial charge on any atom is -0.383 e. The third-order valence-electron chi connectivity index (χ3n) is 7.06. The molecule has 33 heavy (non-hydrogen) atoms. The number of urea groups is 1. The molecule has 1 saturated heterocycles. The maximum absolute atomic E-state index is 12.6. The lowest BCUT2D eigenvalue weighted by Crippen LogP contribution is -2.34. The number of pyridine rings is 1. The number of ether oxygens (including phenoxy) is 1. The van der Waals surface area contributed by atoms with E-state index in [0.717, 1.165) is 30.8 Å². The zero-order valence-corrected chi connectivity index (χ0v) is 19.2. The summed E-state index contributed by atoms with van der Waals surface area (Å²) >= 11 is 0. The van der Waals surface area contributed by atoms with Crippen LogP contribution in [0.4, 0.5) is 10.5 Å². The van der Waals surface area contributed by atoms with Gasteiger partial charge in [0, 0.05) is 38.2 Å². The van der Waals surface area contributed by atoms with Crippen LogP contribution in [-0.2, 0) is 22.4 Å². The summed E-state index contributed by atoms with van der Waals surface area (Å²) in [5.41, 5.74) is 2.83. The fourth-order valence-electron chi connectivity index (χ4n) is 5.05. The van der Waals surface area contributed by atoms with Crippen LogP contribution in [0.1, 0.15) is 55.1 Å². The molecule has 0 spiro atoms. The fraction of sp³-hybridized carbons (Fsp3) is 0.560. The predicted octanol–water partition coefficient (Wildman–Crippen LogP) is 3.37. The van der Waals surface area contributed by atoms with Gasteiger partial charge in [0.15, 0.2) is 0 Å². The third-order valence-corrected chi connectivity index (χ3v) is 7.06. The molecule has 0 N–H and O–H groups in total. The Balaban J connectivity index is 1.13. The van der Waals surface area contributed by atoms with Crippen molar-refractivity contribution in [3.63, 3.8) is 0 Å². The molecule has 3 heterocycles. The van der Waals surface area contributed by atoms with E-state index in [2.05, 4.69) is 15.0 Å². The second-order valence-corrected chi connectivity index (χ2v) is 9.59. The summed E-state index contributed by atoms with van der Waals surface area (Å²) in [6, 6.07) is 3.47. The molecule has 2 aromatic rings. The molecule has 8 nitrogen and oxygen atoms in total. The number of amides is 3. The molecule has 5 rings (SSSR count). The number of imide groups is 1. The van der Waals surface area contributed by atoms with E-state index in [4.69, 9.17) is 4.74 Å². The molecular formula is C25H31N5O3. The van der Waals surface area contributed by atoms with Gasteiger partial charge in [-0.1, -0.05) is 0 Å². The van der Waals surface area contributed by atoms with Gasteiger partial charge in [0.25, 0.3) is 5.91 Å². The van der Waals surface area contributed by atoms with Crippen molar-refractivity contribution >= 4 is 17.6 Å². The first kappa shape index (κ1) is 21.9. The van der Waals surface area contributed by atoms with Gasteiger partial charge in [-0.25, -0.2) is 19.7 Å². The molecule has 3 fully saturated rings. The van der Waals surface area contributed by atoms with Gasteiger partial charge in [0.2, 0.25) is 0 Å². The Labute approximate surface area is 194 Å². The summed E-state index contributed by atoms with van der Waals surface area (Å²) in [6.45, 7) is 0.895. The Hall–Kier alpha value is -2.87. The van der Waals surface area contributed by atoms with E-state index in [1.807, 2.05) is 24.5 Å². The average molecular weight is 450 g/mol. The number of hydrogen-bond acceptors (Lipinski definition) is 6. The van der Waals surface area contributed by atoms with Crippen LogP contribution in [0, 0.1) is 11.8 Å². The van der Waals surface area contributed by atoms with Gasteiger partial charge in [-0.05, 0) is 74.0 Å². The number of nitrogens with zero attached hydrogens (tertiary/aromatic N) is 5. The van der Waals surface area contributed by atoms with Crippen LogP contribution < -0.4 is 4.90 Å². The van der Waals surface area contributed by atoms with Crippen LogP contribution >= 0.6 is 0 Å². The zero-order valence-electron chi connectivity index (χ0n) is 19.2. The highest BCUT2D eigenvalue weighted by atomic mass is 16.5. The predicted molar refractivity (Wildman–Crippen MR) is 123 cm³/mol. The number of carbonyl (C=O) groups excluding carboxylic acids is 2. The van der Waals surface area contributed by atoms with Crippen molar-refractivity contribution in [2.24, 2.45) is 11.8 Å². The lowest BCUT2D eigenvalue weighted by molar-refractivity contribution is -0.116. The van der Waals surface area contributed by atoms with Crippen molar-refractivity contribution in [3.8, 4) is 0 Å². The number of carbonyl (C=O) groups is 2. The minimum atomic E-state index is -0.308. The minimum absolute atomic E-state index is 0.0838. The van der Waals surface area contributed by atoms with E-state index in [-0.39, 0.29) is 18.5 Å². The van der Waals surface area contributed by atoms with Gasteiger partial charge >= 0.3 is 6.03 Å². The summed E-state index contributed by atoms with van der Waals surface area (Å²) < 4.78 is 5.02. The van der Waals surface area contributed by atoms with Crippen LogP contribution in [0.15, 0.2) is 30.7 Å². The highest BCUT2D eigenvalue weighted by Crippen LogP contribution is 2.39. The molecule has 2 saturated carbocycles. The maximum atomic E-state index is 12.6. The lowest BCUT2D eigenvalue weighted by Gasteiger charge is -2.17. The molecule has 1 aliphatic heterocycles. The van der Waals surface area contributed by atoms with Crippen molar-refractivity contribution in [1.29, 1.82) is 0 Å². The second-order valence-electron chi connectivity index (χ2n) is 9.59. The Morgan fingerprint density at radius 3 is 2.39 bits per heavy atom. The first-order chi connectivity index (χ1) is 16.1. The first-order valence-electron chi connectivity index (χ1n) is 12.0. The number of rotatable bonds is 9. The number of methoxy groups -OCH3 is 1. The van der Waals surface area contributed by atoms with Gasteiger partial charge < -0.3 is 9.64 Å². The van der Waals surface area contributed by atoms with Gasteiger partial charge in [-0.2, -0.15) is 0 Å². The first-order valence-corrected chi connectivity index (χ1v) is 12.0. The quantitative estimate of drug-likeness (QED) is 0.546. The highest BCUT2D eigenvalue weighted by Gasteiger charge is 2.37. The topological polar surface area (TPSA) is 88.5 Å². The highest BCUT2D eigenvalue weighted by molar-refractivity contribution is 6.19. The molecule has 2 atom stereocenters. The molecule has 0 unspecified atom stereocenters. The van der Waals surface area contributed by atoms with Crippen LogP contribution in [0.2, 0.25) is 0 Å². The van der Waals surface area contributed by atoms with Crippen LogP contribution in [0.3, 0.4) is 0 Å². The van der Waals surface area contributed by atoms with Crippen molar-refractivity contribution < 1.29 is 14.3 Å². The zero-order chi connectivity index (χ0) is 22.8. The monoisotopic (exact) mass is 449 g/mol. The molecule has 0 bridgehead atoms. The van der Waals surface area contributed by atoms with Gasteiger partial charge in [0.05, 0.1) is 18.5 Å². The van der Waals surface area contributed by atoms with Crippen molar-refractivity contribution in [2.75, 3.05) is 31.7 Å². The fourth-order valence-corrected chi connectivity index (χ4v) is 5.05. The van der Waals surface area contributed by atoms with Gasteiger partial charge in [0.1, 0.15) is 12.4 Å². The molecule has 0 aromatic carbocycles. The second kappa shape index (κ2) is 9.55. The van der Waals surface area contributed by atoms with Crippen LogP contribution in [-0.4, -0.2) is 58.6 Å². The van der Waals surface area contributed by atoms with E-state index >= 15 is 0 Å². The largest absolute Gasteiger partial charge is 0.383 e.